The maximum Gasteiger partial charge on any atom is 0.291 e. The van der Waals surface area contributed by atoms with Gasteiger partial charge in [-0.25, -0.2) is 0 Å². The maximum atomic E-state index is 12.0. The molecule has 0 fully saturated rings. The first-order chi connectivity index (χ1) is 14.0. The Labute approximate surface area is 175 Å². The lowest BCUT2D eigenvalue weighted by atomic mass is 10.2. The number of hydrogen-bond donors (Lipinski definition) is 2. The zero-order chi connectivity index (χ0) is 20.8. The van der Waals surface area contributed by atoms with Crippen LogP contribution in [0.4, 0.5) is 5.69 Å². The van der Waals surface area contributed by atoms with Gasteiger partial charge in [0, 0.05) is 45.3 Å². The van der Waals surface area contributed by atoms with Crippen molar-refractivity contribution in [3.05, 3.63) is 77.0 Å². The number of benzene rings is 1. The van der Waals surface area contributed by atoms with Crippen LogP contribution in [0.2, 0.25) is 5.02 Å². The molecule has 0 aliphatic carbocycles. The van der Waals surface area contributed by atoms with Gasteiger partial charge in [0.1, 0.15) is 0 Å². The largest absolute Gasteiger partial charge is 0.459 e. The van der Waals surface area contributed by atoms with E-state index in [-0.39, 0.29) is 11.7 Å². The van der Waals surface area contributed by atoms with Crippen molar-refractivity contribution in [2.45, 2.75) is 13.1 Å². The lowest BCUT2D eigenvalue weighted by Gasteiger charge is -2.22. The quantitative estimate of drug-likeness (QED) is 0.477. The highest BCUT2D eigenvalue weighted by Gasteiger charge is 2.11. The lowest BCUT2D eigenvalue weighted by Crippen LogP contribution is -2.38. The van der Waals surface area contributed by atoms with Crippen LogP contribution in [0.1, 0.15) is 21.8 Å². The molecule has 0 bridgehead atoms. The number of anilines is 1. The first kappa shape index (κ1) is 20.5. The van der Waals surface area contributed by atoms with E-state index in [1.165, 1.54) is 6.26 Å². The SMILES string of the molecule is CN=C(NCc1ccc(NC(=O)c2ccco2)cc1)N(C)Cc1cc(Cl)cn1C. The van der Waals surface area contributed by atoms with Crippen molar-refractivity contribution in [1.29, 1.82) is 0 Å². The summed E-state index contributed by atoms with van der Waals surface area (Å²) in [6, 6.07) is 12.9. The Bertz CT molecular complexity index is 977. The Morgan fingerprint density at radius 3 is 2.62 bits per heavy atom. The van der Waals surface area contributed by atoms with Gasteiger partial charge in [-0.15, -0.1) is 0 Å². The van der Waals surface area contributed by atoms with E-state index in [0.29, 0.717) is 18.8 Å². The van der Waals surface area contributed by atoms with Crippen LogP contribution in [-0.2, 0) is 20.1 Å². The summed E-state index contributed by atoms with van der Waals surface area (Å²) in [5, 5.41) is 6.87. The molecule has 0 aliphatic rings. The number of nitrogens with one attached hydrogen (secondary N) is 2. The molecule has 3 aromatic rings. The number of rotatable bonds is 6. The van der Waals surface area contributed by atoms with E-state index in [0.717, 1.165) is 22.2 Å². The first-order valence-electron chi connectivity index (χ1n) is 9.12. The third-order valence-corrected chi connectivity index (χ3v) is 4.66. The molecule has 0 atom stereocenters. The topological polar surface area (TPSA) is 74.8 Å². The number of halogens is 1. The molecular formula is C21H24ClN5O2. The summed E-state index contributed by atoms with van der Waals surface area (Å²) >= 11 is 6.06. The smallest absolute Gasteiger partial charge is 0.291 e. The van der Waals surface area contributed by atoms with Gasteiger partial charge in [0.25, 0.3) is 5.91 Å². The number of hydrogen-bond acceptors (Lipinski definition) is 3. The van der Waals surface area contributed by atoms with E-state index < -0.39 is 0 Å². The van der Waals surface area contributed by atoms with Crippen LogP contribution in [0.3, 0.4) is 0 Å². The first-order valence-corrected chi connectivity index (χ1v) is 9.50. The number of carbonyl (C=O) groups is 1. The molecule has 2 N–H and O–H groups in total. The van der Waals surface area contributed by atoms with Crippen molar-refractivity contribution in [1.82, 2.24) is 14.8 Å². The van der Waals surface area contributed by atoms with Crippen molar-refractivity contribution in [2.75, 3.05) is 19.4 Å². The van der Waals surface area contributed by atoms with Crippen LogP contribution in [0.15, 0.2) is 64.3 Å². The molecule has 0 unspecified atom stereocenters. The molecule has 2 heterocycles. The van der Waals surface area contributed by atoms with Crippen molar-refractivity contribution in [2.24, 2.45) is 12.0 Å². The molecule has 29 heavy (non-hydrogen) atoms. The van der Waals surface area contributed by atoms with Crippen molar-refractivity contribution >= 4 is 29.2 Å². The van der Waals surface area contributed by atoms with Gasteiger partial charge < -0.3 is 24.5 Å². The highest BCUT2D eigenvalue weighted by atomic mass is 35.5. The highest BCUT2D eigenvalue weighted by molar-refractivity contribution is 6.30. The fraction of sp³-hybridized carbons (Fsp3) is 0.238. The number of aryl methyl sites for hydroxylation is 1. The summed E-state index contributed by atoms with van der Waals surface area (Å²) in [5.41, 5.74) is 2.87. The minimum absolute atomic E-state index is 0.274. The number of aromatic nitrogens is 1. The van der Waals surface area contributed by atoms with Crippen LogP contribution in [0.5, 0.6) is 0 Å². The summed E-state index contributed by atoms with van der Waals surface area (Å²) < 4.78 is 7.10. The number of guanidine groups is 1. The van der Waals surface area contributed by atoms with Crippen LogP contribution in [-0.4, -0.2) is 35.4 Å². The second-order valence-electron chi connectivity index (χ2n) is 6.65. The van der Waals surface area contributed by atoms with Gasteiger partial charge in [-0.3, -0.25) is 9.79 Å². The zero-order valence-corrected chi connectivity index (χ0v) is 17.4. The van der Waals surface area contributed by atoms with Gasteiger partial charge in [0.15, 0.2) is 11.7 Å². The van der Waals surface area contributed by atoms with Gasteiger partial charge in [-0.1, -0.05) is 23.7 Å². The number of aliphatic imine (C=N–C) groups is 1. The van der Waals surface area contributed by atoms with Gasteiger partial charge in [0.2, 0.25) is 0 Å². The third kappa shape index (κ3) is 5.42. The molecule has 0 aliphatic heterocycles. The maximum absolute atomic E-state index is 12.0. The van der Waals surface area contributed by atoms with E-state index in [4.69, 9.17) is 16.0 Å². The van der Waals surface area contributed by atoms with E-state index >= 15 is 0 Å². The summed E-state index contributed by atoms with van der Waals surface area (Å²) in [4.78, 5) is 18.4. The van der Waals surface area contributed by atoms with Gasteiger partial charge >= 0.3 is 0 Å². The predicted molar refractivity (Wildman–Crippen MR) is 115 cm³/mol. The van der Waals surface area contributed by atoms with Crippen LogP contribution in [0.25, 0.3) is 0 Å². The normalized spacial score (nSPS) is 11.4. The lowest BCUT2D eigenvalue weighted by molar-refractivity contribution is 0.0996. The molecule has 8 heteroatoms. The second kappa shape index (κ2) is 9.34. The number of nitrogens with zero attached hydrogens (tertiary/aromatic N) is 3. The minimum atomic E-state index is -0.274. The average molecular weight is 414 g/mol. The molecule has 152 valence electrons. The van der Waals surface area contributed by atoms with E-state index in [9.17, 15) is 4.79 Å². The van der Waals surface area contributed by atoms with Crippen LogP contribution >= 0.6 is 11.6 Å². The second-order valence-corrected chi connectivity index (χ2v) is 7.08. The van der Waals surface area contributed by atoms with Crippen molar-refractivity contribution < 1.29 is 9.21 Å². The summed E-state index contributed by atoms with van der Waals surface area (Å²) in [7, 11) is 5.70. The summed E-state index contributed by atoms with van der Waals surface area (Å²) in [6.45, 7) is 1.29. The number of carbonyl (C=O) groups excluding carboxylic acids is 1. The number of furan rings is 1. The van der Waals surface area contributed by atoms with Crippen LogP contribution in [0, 0.1) is 0 Å². The van der Waals surface area contributed by atoms with Crippen molar-refractivity contribution in [3.63, 3.8) is 0 Å². The standard InChI is InChI=1S/C21H24ClN5O2/c1-23-21(27(3)14-18-11-16(22)13-26(18)2)24-12-15-6-8-17(9-7-15)25-20(28)19-5-4-10-29-19/h4-11,13H,12,14H2,1-3H3,(H,23,24)(H,25,28). The molecule has 0 radical (unpaired) electrons. The molecule has 1 amide bonds. The van der Waals surface area contributed by atoms with Crippen molar-refractivity contribution in [3.8, 4) is 0 Å². The highest BCUT2D eigenvalue weighted by Crippen LogP contribution is 2.15. The van der Waals surface area contributed by atoms with E-state index in [1.807, 2.05) is 60.1 Å². The number of amides is 1. The molecule has 0 saturated heterocycles. The van der Waals surface area contributed by atoms with Gasteiger partial charge in [-0.05, 0) is 35.9 Å². The van der Waals surface area contributed by atoms with E-state index in [1.54, 1.807) is 19.2 Å². The summed E-state index contributed by atoms with van der Waals surface area (Å²) in [5.74, 6) is 0.781. The molecule has 7 nitrogen and oxygen atoms in total. The Hall–Kier alpha value is -3.19. The molecular weight excluding hydrogens is 390 g/mol. The third-order valence-electron chi connectivity index (χ3n) is 4.45. The monoisotopic (exact) mass is 413 g/mol. The average Bonchev–Trinajstić information content (AvgIpc) is 3.33. The fourth-order valence-electron chi connectivity index (χ4n) is 2.91. The summed E-state index contributed by atoms with van der Waals surface area (Å²) in [6.07, 6.45) is 3.35. The van der Waals surface area contributed by atoms with Gasteiger partial charge in [-0.2, -0.15) is 0 Å². The Kier molecular flexibility index (Phi) is 6.61. The van der Waals surface area contributed by atoms with Gasteiger partial charge in [0.05, 0.1) is 17.8 Å². The molecule has 0 saturated carbocycles. The Morgan fingerprint density at radius 1 is 1.28 bits per heavy atom. The molecule has 0 spiro atoms. The zero-order valence-electron chi connectivity index (χ0n) is 16.6. The molecule has 1 aromatic carbocycles. The predicted octanol–water partition coefficient (Wildman–Crippen LogP) is 3.73. The van der Waals surface area contributed by atoms with E-state index in [2.05, 4.69) is 15.6 Å². The Morgan fingerprint density at radius 2 is 2.03 bits per heavy atom. The fourth-order valence-corrected chi connectivity index (χ4v) is 3.19. The molecule has 3 rings (SSSR count). The molecule has 2 aromatic heterocycles. The Balaban J connectivity index is 1.54. The minimum Gasteiger partial charge on any atom is -0.459 e. The van der Waals surface area contributed by atoms with Crippen LogP contribution < -0.4 is 10.6 Å².